The molecule has 0 fully saturated rings. The first kappa shape index (κ1) is 8.19. The molecule has 1 aromatic heterocycles. The van der Waals surface area contributed by atoms with Gasteiger partial charge in [-0.2, -0.15) is 9.97 Å². The topological polar surface area (TPSA) is 67.9 Å². The third-order valence-electron chi connectivity index (χ3n) is 1.02. The second kappa shape index (κ2) is 3.47. The molecule has 12 heavy (non-hydrogen) atoms. The molecule has 5 heteroatoms. The highest BCUT2D eigenvalue weighted by Crippen LogP contribution is 2.00. The molecule has 0 aromatic carbocycles. The minimum absolute atomic E-state index is 0.0555. The highest BCUT2D eigenvalue weighted by Gasteiger charge is 1.95. The van der Waals surface area contributed by atoms with Crippen LogP contribution in [0.4, 0.5) is 0 Å². The Hall–Kier alpha value is -1.91. The molecule has 0 bridgehead atoms. The summed E-state index contributed by atoms with van der Waals surface area (Å²) >= 11 is 0. The van der Waals surface area contributed by atoms with E-state index in [1.54, 1.807) is 0 Å². The molecule has 1 aromatic rings. The summed E-state index contributed by atoms with van der Waals surface area (Å²) in [4.78, 5) is 19.8. The minimum Gasteiger partial charge on any atom is -0.426 e. The van der Waals surface area contributed by atoms with Crippen LogP contribution in [-0.4, -0.2) is 15.0 Å². The van der Waals surface area contributed by atoms with E-state index in [1.165, 1.54) is 6.08 Å². The molecular weight excluding hydrogens is 158 g/mol. The Kier molecular flexibility index (Phi) is 2.37. The molecule has 0 amide bonds. The summed E-state index contributed by atoms with van der Waals surface area (Å²) in [5.74, 6) is 0.310. The largest absolute Gasteiger partial charge is 0.426 e. The van der Waals surface area contributed by atoms with Gasteiger partial charge in [0, 0.05) is 0 Å². The Bertz CT molecular complexity index is 356. The van der Waals surface area contributed by atoms with Crippen molar-refractivity contribution in [1.29, 1.82) is 0 Å². The van der Waals surface area contributed by atoms with E-state index in [9.17, 15) is 4.79 Å². The van der Waals surface area contributed by atoms with Crippen LogP contribution < -0.4 is 10.4 Å². The minimum atomic E-state index is -0.517. The van der Waals surface area contributed by atoms with Gasteiger partial charge in [-0.3, -0.25) is 4.98 Å². The first-order valence-corrected chi connectivity index (χ1v) is 3.13. The molecule has 0 radical (unpaired) electrons. The third kappa shape index (κ3) is 2.05. The molecule has 0 atom stereocenters. The molecule has 0 unspecified atom stereocenters. The van der Waals surface area contributed by atoms with Gasteiger partial charge in [-0.15, -0.1) is 0 Å². The zero-order valence-electron chi connectivity index (χ0n) is 6.28. The Morgan fingerprint density at radius 1 is 1.67 bits per heavy atom. The van der Waals surface area contributed by atoms with Gasteiger partial charge in [0.05, 0.1) is 0 Å². The zero-order chi connectivity index (χ0) is 8.97. The van der Waals surface area contributed by atoms with Gasteiger partial charge in [0.2, 0.25) is 0 Å². The number of hydrogen-bond acceptors (Lipinski definition) is 4. The van der Waals surface area contributed by atoms with Crippen LogP contribution in [-0.2, 0) is 0 Å². The smallest absolute Gasteiger partial charge is 0.350 e. The Morgan fingerprint density at radius 3 is 3.00 bits per heavy atom. The average Bonchev–Trinajstić information content (AvgIpc) is 2.04. The number of ether oxygens (including phenoxy) is 1. The molecule has 1 N–H and O–H groups in total. The molecule has 5 nitrogen and oxygen atoms in total. The number of nitrogens with one attached hydrogen (secondary N) is 1. The fourth-order valence-electron chi connectivity index (χ4n) is 0.507. The summed E-state index contributed by atoms with van der Waals surface area (Å²) in [5, 5.41) is 0. The van der Waals surface area contributed by atoms with Crippen LogP contribution in [0.3, 0.4) is 0 Å². The lowest BCUT2D eigenvalue weighted by molar-refractivity contribution is 0.405. The van der Waals surface area contributed by atoms with Crippen molar-refractivity contribution in [3.05, 3.63) is 41.8 Å². The highest BCUT2D eigenvalue weighted by molar-refractivity contribution is 5.08. The van der Waals surface area contributed by atoms with Crippen molar-refractivity contribution in [1.82, 2.24) is 15.0 Å². The number of H-pyrrole nitrogens is 1. The van der Waals surface area contributed by atoms with Crippen LogP contribution in [0.5, 0.6) is 6.01 Å². The van der Waals surface area contributed by atoms with Crippen LogP contribution in [0.25, 0.3) is 0 Å². The van der Waals surface area contributed by atoms with Crippen molar-refractivity contribution in [3.8, 4) is 6.01 Å². The predicted molar refractivity (Wildman–Crippen MR) is 42.6 cm³/mol. The van der Waals surface area contributed by atoms with E-state index in [0.29, 0.717) is 5.76 Å². The van der Waals surface area contributed by atoms with Crippen molar-refractivity contribution in [2.24, 2.45) is 0 Å². The van der Waals surface area contributed by atoms with Gasteiger partial charge in [0.15, 0.2) is 0 Å². The summed E-state index contributed by atoms with van der Waals surface area (Å²) in [7, 11) is 0. The van der Waals surface area contributed by atoms with Gasteiger partial charge < -0.3 is 4.74 Å². The summed E-state index contributed by atoms with van der Waals surface area (Å²) in [6.45, 7) is 6.89. The van der Waals surface area contributed by atoms with E-state index in [4.69, 9.17) is 4.74 Å². The molecule has 0 saturated heterocycles. The maximum Gasteiger partial charge on any atom is 0.350 e. The van der Waals surface area contributed by atoms with Crippen LogP contribution in [0.15, 0.2) is 36.1 Å². The monoisotopic (exact) mass is 165 g/mol. The SMILES string of the molecule is C=CC(=C)Oc1ncnc(=O)[nH]1. The fourth-order valence-corrected chi connectivity index (χ4v) is 0.507. The summed E-state index contributed by atoms with van der Waals surface area (Å²) in [5.41, 5.74) is -0.517. The van der Waals surface area contributed by atoms with Crippen molar-refractivity contribution in [2.45, 2.75) is 0 Å². The predicted octanol–water partition coefficient (Wildman–Crippen LogP) is 0.243. The second-order valence-corrected chi connectivity index (χ2v) is 1.88. The lowest BCUT2D eigenvalue weighted by Crippen LogP contribution is -2.11. The van der Waals surface area contributed by atoms with Crippen molar-refractivity contribution in [3.63, 3.8) is 0 Å². The summed E-state index contributed by atoms with van der Waals surface area (Å²) < 4.78 is 4.93. The molecular formula is C7H7N3O2. The Morgan fingerprint density at radius 2 is 2.42 bits per heavy atom. The lowest BCUT2D eigenvalue weighted by atomic mass is 10.6. The highest BCUT2D eigenvalue weighted by atomic mass is 16.5. The first-order chi connectivity index (χ1) is 5.72. The number of rotatable bonds is 3. The van der Waals surface area contributed by atoms with E-state index in [0.717, 1.165) is 6.33 Å². The van der Waals surface area contributed by atoms with Gasteiger partial charge >= 0.3 is 11.7 Å². The quantitative estimate of drug-likeness (QED) is 0.514. The fraction of sp³-hybridized carbons (Fsp3) is 0. The molecule has 0 spiro atoms. The summed E-state index contributed by atoms with van der Waals surface area (Å²) in [6, 6.07) is 0.0555. The lowest BCUT2D eigenvalue weighted by Gasteiger charge is -2.00. The van der Waals surface area contributed by atoms with Gasteiger partial charge in [-0.05, 0) is 6.08 Å². The van der Waals surface area contributed by atoms with E-state index >= 15 is 0 Å². The maximum absolute atomic E-state index is 10.6. The van der Waals surface area contributed by atoms with E-state index in [-0.39, 0.29) is 6.01 Å². The number of nitrogens with zero attached hydrogens (tertiary/aromatic N) is 2. The standard InChI is InChI=1S/C7H7N3O2/c1-3-5(2)12-7-9-4-8-6(11)10-7/h3-4H,1-2H2,(H,8,9,10,11). The molecule has 0 aliphatic carbocycles. The Balaban J connectivity index is 2.83. The van der Waals surface area contributed by atoms with Crippen molar-refractivity contribution < 1.29 is 4.74 Å². The number of allylic oxidation sites excluding steroid dienone is 1. The third-order valence-corrected chi connectivity index (χ3v) is 1.02. The van der Waals surface area contributed by atoms with Crippen LogP contribution in [0.1, 0.15) is 0 Å². The van der Waals surface area contributed by atoms with Gasteiger partial charge in [-0.25, -0.2) is 4.79 Å². The normalized spacial score (nSPS) is 9.00. The van der Waals surface area contributed by atoms with E-state index < -0.39 is 5.69 Å². The molecule has 1 rings (SSSR count). The average molecular weight is 165 g/mol. The van der Waals surface area contributed by atoms with Crippen LogP contribution in [0.2, 0.25) is 0 Å². The van der Waals surface area contributed by atoms with Crippen molar-refractivity contribution >= 4 is 0 Å². The van der Waals surface area contributed by atoms with Gasteiger partial charge in [0.1, 0.15) is 12.1 Å². The van der Waals surface area contributed by atoms with Crippen molar-refractivity contribution in [2.75, 3.05) is 0 Å². The molecule has 0 aliphatic rings. The van der Waals surface area contributed by atoms with Gasteiger partial charge in [-0.1, -0.05) is 13.2 Å². The summed E-state index contributed by atoms with van der Waals surface area (Å²) in [6.07, 6.45) is 2.50. The Labute approximate surface area is 68.4 Å². The molecule has 1 heterocycles. The van der Waals surface area contributed by atoms with Crippen LogP contribution in [0, 0.1) is 0 Å². The van der Waals surface area contributed by atoms with E-state index in [1.807, 2.05) is 0 Å². The van der Waals surface area contributed by atoms with Gasteiger partial charge in [0.25, 0.3) is 0 Å². The maximum atomic E-state index is 10.6. The first-order valence-electron chi connectivity index (χ1n) is 3.13. The zero-order valence-corrected chi connectivity index (χ0v) is 6.28. The van der Waals surface area contributed by atoms with E-state index in [2.05, 4.69) is 28.1 Å². The number of hydrogen-bond donors (Lipinski definition) is 1. The number of aromatic amines is 1. The molecule has 0 aliphatic heterocycles. The molecule has 62 valence electrons. The molecule has 0 saturated carbocycles. The van der Waals surface area contributed by atoms with Crippen LogP contribution >= 0.6 is 0 Å². The number of aromatic nitrogens is 3. The second-order valence-electron chi connectivity index (χ2n) is 1.88.